The summed E-state index contributed by atoms with van der Waals surface area (Å²) in [5.74, 6) is -0.707. The summed E-state index contributed by atoms with van der Waals surface area (Å²) in [5.41, 5.74) is 2.00. The number of carbonyl (C=O) groups is 3. The van der Waals surface area contributed by atoms with Gasteiger partial charge in [0, 0.05) is 29.8 Å². The smallest absolute Gasteiger partial charge is 0.407 e. The van der Waals surface area contributed by atoms with Gasteiger partial charge in [0.05, 0.1) is 0 Å². The van der Waals surface area contributed by atoms with Gasteiger partial charge in [0.1, 0.15) is 24.8 Å². The van der Waals surface area contributed by atoms with Crippen LogP contribution in [0.1, 0.15) is 24.0 Å². The summed E-state index contributed by atoms with van der Waals surface area (Å²) in [7, 11) is 0. The maximum Gasteiger partial charge on any atom is 0.407 e. The number of anilines is 1. The van der Waals surface area contributed by atoms with Crippen molar-refractivity contribution in [2.45, 2.75) is 32.4 Å². The highest BCUT2D eigenvalue weighted by molar-refractivity contribution is 5.99. The van der Waals surface area contributed by atoms with Crippen molar-refractivity contribution in [2.24, 2.45) is 0 Å². The first-order chi connectivity index (χ1) is 16.4. The zero-order valence-electron chi connectivity index (χ0n) is 18.7. The first-order valence-electron chi connectivity index (χ1n) is 11.0. The number of nitrogens with zero attached hydrogens (tertiary/aromatic N) is 1. The van der Waals surface area contributed by atoms with E-state index in [1.807, 2.05) is 37.3 Å². The van der Waals surface area contributed by atoms with Crippen molar-refractivity contribution in [3.05, 3.63) is 76.1 Å². The highest BCUT2D eigenvalue weighted by atomic mass is 16.5. The largest absolute Gasteiger partial charge is 0.445 e. The van der Waals surface area contributed by atoms with E-state index in [2.05, 4.69) is 10.6 Å². The topological polar surface area (TPSA) is 118 Å². The van der Waals surface area contributed by atoms with Crippen LogP contribution < -0.4 is 16.3 Å². The number of benzene rings is 2. The molecule has 0 spiro atoms. The zero-order valence-corrected chi connectivity index (χ0v) is 18.7. The number of rotatable bonds is 6. The Morgan fingerprint density at radius 3 is 2.71 bits per heavy atom. The second-order valence-electron chi connectivity index (χ2n) is 8.11. The van der Waals surface area contributed by atoms with Gasteiger partial charge in [-0.25, -0.2) is 9.59 Å². The second kappa shape index (κ2) is 10.2. The van der Waals surface area contributed by atoms with Crippen LogP contribution in [0.15, 0.2) is 63.8 Å². The summed E-state index contributed by atoms with van der Waals surface area (Å²) in [6.45, 7) is 2.06. The van der Waals surface area contributed by atoms with Gasteiger partial charge >= 0.3 is 11.7 Å². The van der Waals surface area contributed by atoms with Gasteiger partial charge in [-0.2, -0.15) is 0 Å². The molecule has 2 aromatic carbocycles. The molecule has 9 nitrogen and oxygen atoms in total. The van der Waals surface area contributed by atoms with Gasteiger partial charge in [0.15, 0.2) is 0 Å². The van der Waals surface area contributed by atoms with Crippen LogP contribution in [0.25, 0.3) is 11.0 Å². The first kappa shape index (κ1) is 23.0. The average molecular weight is 463 g/mol. The number of alkyl carbamates (subject to hydrolysis) is 1. The molecule has 0 saturated carbocycles. The van der Waals surface area contributed by atoms with Crippen LogP contribution in [0.2, 0.25) is 0 Å². The molecule has 1 atom stereocenters. The van der Waals surface area contributed by atoms with E-state index in [0.717, 1.165) is 16.5 Å². The molecular weight excluding hydrogens is 438 g/mol. The van der Waals surface area contributed by atoms with Crippen LogP contribution in [0.5, 0.6) is 0 Å². The Kier molecular flexibility index (Phi) is 6.91. The van der Waals surface area contributed by atoms with Gasteiger partial charge < -0.3 is 24.7 Å². The molecule has 1 aliphatic rings. The Bertz CT molecular complexity index is 1270. The molecule has 0 radical (unpaired) electrons. The number of hydrogen-bond acceptors (Lipinski definition) is 6. The molecular formula is C25H25N3O6. The van der Waals surface area contributed by atoms with E-state index >= 15 is 0 Å². The van der Waals surface area contributed by atoms with Crippen LogP contribution in [0.4, 0.5) is 10.5 Å². The molecule has 0 unspecified atom stereocenters. The van der Waals surface area contributed by atoms with Crippen molar-refractivity contribution in [3.63, 3.8) is 0 Å². The number of hydrogen-bond donors (Lipinski definition) is 2. The summed E-state index contributed by atoms with van der Waals surface area (Å²) in [6, 6.07) is 15.0. The van der Waals surface area contributed by atoms with Crippen LogP contribution in [0.3, 0.4) is 0 Å². The minimum Gasteiger partial charge on any atom is -0.445 e. The van der Waals surface area contributed by atoms with Crippen molar-refractivity contribution in [1.29, 1.82) is 0 Å². The molecule has 3 amide bonds. The second-order valence-corrected chi connectivity index (χ2v) is 8.11. The molecule has 1 aliphatic heterocycles. The third-order valence-electron chi connectivity index (χ3n) is 5.69. The van der Waals surface area contributed by atoms with Crippen molar-refractivity contribution in [1.82, 2.24) is 10.2 Å². The number of aryl methyl sites for hydroxylation is 1. The average Bonchev–Trinajstić information content (AvgIpc) is 3.32. The molecule has 2 N–H and O–H groups in total. The van der Waals surface area contributed by atoms with E-state index in [4.69, 9.17) is 9.15 Å². The zero-order chi connectivity index (χ0) is 24.1. The SMILES string of the molecule is Cc1cc(=O)oc2cc(NC(=O)[C@H]3CCCN3C(=O)CNC(=O)OCc3ccccc3)ccc12. The van der Waals surface area contributed by atoms with E-state index in [1.165, 1.54) is 11.0 Å². The fraction of sp³-hybridized carbons (Fsp3) is 0.280. The number of likely N-dealkylation sites (tertiary alicyclic amines) is 1. The first-order valence-corrected chi connectivity index (χ1v) is 11.0. The normalized spacial score (nSPS) is 15.2. The van der Waals surface area contributed by atoms with Crippen LogP contribution in [0, 0.1) is 6.92 Å². The summed E-state index contributed by atoms with van der Waals surface area (Å²) in [5, 5.41) is 6.02. The van der Waals surface area contributed by atoms with Gasteiger partial charge in [-0.15, -0.1) is 0 Å². The van der Waals surface area contributed by atoms with E-state index in [9.17, 15) is 19.2 Å². The number of carbonyl (C=O) groups excluding carboxylic acids is 3. The molecule has 0 bridgehead atoms. The molecule has 9 heteroatoms. The van der Waals surface area contributed by atoms with Gasteiger partial charge in [0.25, 0.3) is 0 Å². The summed E-state index contributed by atoms with van der Waals surface area (Å²) < 4.78 is 10.3. The van der Waals surface area contributed by atoms with Gasteiger partial charge in [-0.1, -0.05) is 30.3 Å². The number of ether oxygens (including phenoxy) is 1. The Balaban J connectivity index is 1.32. The predicted molar refractivity (Wildman–Crippen MR) is 125 cm³/mol. The number of fused-ring (bicyclic) bond motifs is 1. The minimum absolute atomic E-state index is 0.0982. The maximum atomic E-state index is 12.9. The van der Waals surface area contributed by atoms with E-state index < -0.39 is 17.8 Å². The van der Waals surface area contributed by atoms with Crippen molar-refractivity contribution in [2.75, 3.05) is 18.4 Å². The Morgan fingerprint density at radius 2 is 1.91 bits per heavy atom. The maximum absolute atomic E-state index is 12.9. The molecule has 34 heavy (non-hydrogen) atoms. The van der Waals surface area contributed by atoms with Crippen molar-refractivity contribution in [3.8, 4) is 0 Å². The van der Waals surface area contributed by atoms with Crippen LogP contribution >= 0.6 is 0 Å². The fourth-order valence-corrected chi connectivity index (χ4v) is 3.99. The Labute approximate surface area is 195 Å². The lowest BCUT2D eigenvalue weighted by atomic mass is 10.1. The van der Waals surface area contributed by atoms with Gasteiger partial charge in [0.2, 0.25) is 11.8 Å². The highest BCUT2D eigenvalue weighted by Gasteiger charge is 2.34. The third kappa shape index (κ3) is 5.43. The van der Waals surface area contributed by atoms with Gasteiger partial charge in [-0.3, -0.25) is 9.59 Å². The quantitative estimate of drug-likeness (QED) is 0.543. The minimum atomic E-state index is -0.703. The third-order valence-corrected chi connectivity index (χ3v) is 5.69. The van der Waals surface area contributed by atoms with Crippen molar-refractivity contribution >= 4 is 34.6 Å². The van der Waals surface area contributed by atoms with Crippen molar-refractivity contribution < 1.29 is 23.5 Å². The molecule has 3 aromatic rings. The predicted octanol–water partition coefficient (Wildman–Crippen LogP) is 2.96. The molecule has 2 heterocycles. The molecule has 1 aromatic heterocycles. The summed E-state index contributed by atoms with van der Waals surface area (Å²) >= 11 is 0. The Morgan fingerprint density at radius 1 is 1.12 bits per heavy atom. The van der Waals surface area contributed by atoms with E-state index in [0.29, 0.717) is 30.7 Å². The number of nitrogens with one attached hydrogen (secondary N) is 2. The highest BCUT2D eigenvalue weighted by Crippen LogP contribution is 2.23. The van der Waals surface area contributed by atoms with Gasteiger partial charge in [-0.05, 0) is 43.0 Å². The lowest BCUT2D eigenvalue weighted by molar-refractivity contribution is -0.135. The fourth-order valence-electron chi connectivity index (χ4n) is 3.99. The molecule has 1 saturated heterocycles. The summed E-state index contributed by atoms with van der Waals surface area (Å²) in [4.78, 5) is 50.6. The lowest BCUT2D eigenvalue weighted by Gasteiger charge is -2.24. The standard InChI is InChI=1S/C25H25N3O6/c1-16-12-23(30)34-21-13-18(9-10-19(16)21)27-24(31)20-8-5-11-28(20)22(29)14-26-25(32)33-15-17-6-3-2-4-7-17/h2-4,6-7,9-10,12-13,20H,5,8,11,14-15H2,1H3,(H,26,32)(H,27,31)/t20-/m1/s1. The lowest BCUT2D eigenvalue weighted by Crippen LogP contribution is -2.47. The number of amides is 3. The van der Waals surface area contributed by atoms with E-state index in [1.54, 1.807) is 18.2 Å². The monoisotopic (exact) mass is 463 g/mol. The molecule has 4 rings (SSSR count). The molecule has 1 fully saturated rings. The Hall–Kier alpha value is -4.14. The van der Waals surface area contributed by atoms with E-state index in [-0.39, 0.29) is 25.0 Å². The van der Waals surface area contributed by atoms with Crippen LogP contribution in [-0.4, -0.2) is 41.9 Å². The molecule has 0 aliphatic carbocycles. The summed E-state index contributed by atoms with van der Waals surface area (Å²) in [6.07, 6.45) is 0.483. The van der Waals surface area contributed by atoms with Crippen LogP contribution in [-0.2, 0) is 20.9 Å². The molecule has 176 valence electrons.